The van der Waals surface area contributed by atoms with Crippen molar-refractivity contribution in [3.8, 4) is 0 Å². The maximum absolute atomic E-state index is 13.0. The molecule has 27 heavy (non-hydrogen) atoms. The summed E-state index contributed by atoms with van der Waals surface area (Å²) >= 11 is 0. The average molecular weight is 375 g/mol. The van der Waals surface area contributed by atoms with Gasteiger partial charge in [-0.05, 0) is 37.1 Å². The van der Waals surface area contributed by atoms with E-state index >= 15 is 0 Å². The van der Waals surface area contributed by atoms with Crippen LogP contribution in [0.15, 0.2) is 24.3 Å². The highest BCUT2D eigenvalue weighted by molar-refractivity contribution is 5.94. The van der Waals surface area contributed by atoms with Crippen molar-refractivity contribution in [2.75, 3.05) is 39.3 Å². The van der Waals surface area contributed by atoms with Crippen molar-refractivity contribution in [3.05, 3.63) is 35.6 Å². The van der Waals surface area contributed by atoms with Gasteiger partial charge in [-0.25, -0.2) is 4.39 Å². The fraction of sp³-hybridized carbons (Fsp3) is 0.550. The number of hydrogen-bond donors (Lipinski definition) is 0. The molecule has 2 saturated heterocycles. The molecule has 2 heterocycles. The summed E-state index contributed by atoms with van der Waals surface area (Å²) < 4.78 is 13.0. The molecule has 1 unspecified atom stereocenters. The first-order valence-electron chi connectivity index (χ1n) is 9.61. The van der Waals surface area contributed by atoms with E-state index < -0.39 is 0 Å². The van der Waals surface area contributed by atoms with E-state index in [2.05, 4.69) is 0 Å². The molecule has 0 aliphatic carbocycles. The summed E-state index contributed by atoms with van der Waals surface area (Å²) in [6.07, 6.45) is 2.12. The van der Waals surface area contributed by atoms with Crippen molar-refractivity contribution in [2.45, 2.75) is 26.2 Å². The lowest BCUT2D eigenvalue weighted by molar-refractivity contribution is -0.141. The molecule has 0 radical (unpaired) electrons. The minimum atomic E-state index is -0.370. The van der Waals surface area contributed by atoms with Crippen LogP contribution < -0.4 is 0 Å². The average Bonchev–Trinajstić information content (AvgIpc) is 2.73. The van der Waals surface area contributed by atoms with Crippen LogP contribution in [0.3, 0.4) is 0 Å². The Bertz CT molecular complexity index is 699. The van der Waals surface area contributed by atoms with Crippen LogP contribution in [-0.4, -0.2) is 71.7 Å². The molecule has 0 saturated carbocycles. The highest BCUT2D eigenvalue weighted by Gasteiger charge is 2.33. The number of nitrogens with zero attached hydrogens (tertiary/aromatic N) is 3. The molecule has 2 aliphatic heterocycles. The number of halogens is 1. The summed E-state index contributed by atoms with van der Waals surface area (Å²) in [6.45, 7) is 4.98. The number of piperazine rings is 1. The third kappa shape index (κ3) is 4.46. The Hall–Kier alpha value is -2.44. The first kappa shape index (κ1) is 19.3. The SMILES string of the molecule is CCC(=O)N1CCCC(C(=O)N2CCN(C(=O)c3ccc(F)cc3)CC2)C1. The van der Waals surface area contributed by atoms with Crippen LogP contribution in [0.2, 0.25) is 0 Å². The molecule has 2 aliphatic rings. The number of carbonyl (C=O) groups excluding carboxylic acids is 3. The molecular formula is C20H26FN3O3. The largest absolute Gasteiger partial charge is 0.342 e. The molecule has 1 atom stereocenters. The number of hydrogen-bond acceptors (Lipinski definition) is 3. The molecule has 1 aromatic rings. The van der Waals surface area contributed by atoms with E-state index in [0.29, 0.717) is 44.7 Å². The number of rotatable bonds is 3. The van der Waals surface area contributed by atoms with Gasteiger partial charge in [0.05, 0.1) is 5.92 Å². The molecule has 0 spiro atoms. The standard InChI is InChI=1S/C20H26FN3O3/c1-2-18(25)24-9-3-4-16(14-24)20(27)23-12-10-22(11-13-23)19(26)15-5-7-17(21)8-6-15/h5-8,16H,2-4,9-14H2,1H3. The molecule has 0 bridgehead atoms. The zero-order chi connectivity index (χ0) is 19.4. The first-order chi connectivity index (χ1) is 13.0. The summed E-state index contributed by atoms with van der Waals surface area (Å²) in [7, 11) is 0. The first-order valence-corrected chi connectivity index (χ1v) is 9.61. The van der Waals surface area contributed by atoms with E-state index in [1.165, 1.54) is 24.3 Å². The smallest absolute Gasteiger partial charge is 0.253 e. The van der Waals surface area contributed by atoms with Gasteiger partial charge in [0.25, 0.3) is 5.91 Å². The fourth-order valence-corrected chi connectivity index (χ4v) is 3.79. The topological polar surface area (TPSA) is 60.9 Å². The van der Waals surface area contributed by atoms with Gasteiger partial charge in [0, 0.05) is 51.3 Å². The van der Waals surface area contributed by atoms with Crippen molar-refractivity contribution in [3.63, 3.8) is 0 Å². The highest BCUT2D eigenvalue weighted by atomic mass is 19.1. The third-order valence-electron chi connectivity index (χ3n) is 5.40. The van der Waals surface area contributed by atoms with Crippen LogP contribution in [0.4, 0.5) is 4.39 Å². The molecule has 3 rings (SSSR count). The molecule has 0 N–H and O–H groups in total. The lowest BCUT2D eigenvalue weighted by Gasteiger charge is -2.39. The van der Waals surface area contributed by atoms with Gasteiger partial charge in [-0.3, -0.25) is 14.4 Å². The van der Waals surface area contributed by atoms with E-state index in [9.17, 15) is 18.8 Å². The fourth-order valence-electron chi connectivity index (χ4n) is 3.79. The predicted octanol–water partition coefficient (Wildman–Crippen LogP) is 1.76. The minimum Gasteiger partial charge on any atom is -0.342 e. The Labute approximate surface area is 158 Å². The number of carbonyl (C=O) groups is 3. The molecule has 0 aromatic heterocycles. The van der Waals surface area contributed by atoms with E-state index in [1.807, 2.05) is 6.92 Å². The third-order valence-corrected chi connectivity index (χ3v) is 5.40. The van der Waals surface area contributed by atoms with Crippen molar-refractivity contribution >= 4 is 17.7 Å². The summed E-state index contributed by atoms with van der Waals surface area (Å²) in [6, 6.07) is 5.52. The Morgan fingerprint density at radius 2 is 1.59 bits per heavy atom. The Morgan fingerprint density at radius 3 is 2.22 bits per heavy atom. The van der Waals surface area contributed by atoms with Crippen LogP contribution in [0, 0.1) is 11.7 Å². The summed E-state index contributed by atoms with van der Waals surface area (Å²) in [5.41, 5.74) is 0.456. The summed E-state index contributed by atoms with van der Waals surface area (Å²) in [5.74, 6) is -0.474. The molecule has 3 amide bonds. The number of likely N-dealkylation sites (tertiary alicyclic amines) is 1. The second kappa shape index (κ2) is 8.50. The molecule has 6 nitrogen and oxygen atoms in total. The van der Waals surface area contributed by atoms with Crippen LogP contribution in [0.5, 0.6) is 0 Å². The van der Waals surface area contributed by atoms with Gasteiger partial charge in [-0.1, -0.05) is 6.92 Å². The Kier molecular flexibility index (Phi) is 6.08. The van der Waals surface area contributed by atoms with Gasteiger partial charge in [-0.2, -0.15) is 0 Å². The second-order valence-corrected chi connectivity index (χ2v) is 7.16. The normalized spacial score (nSPS) is 20.5. The van der Waals surface area contributed by atoms with Crippen LogP contribution in [0.25, 0.3) is 0 Å². The zero-order valence-corrected chi connectivity index (χ0v) is 15.7. The Morgan fingerprint density at radius 1 is 0.963 bits per heavy atom. The van der Waals surface area contributed by atoms with E-state index in [0.717, 1.165) is 19.4 Å². The predicted molar refractivity (Wildman–Crippen MR) is 98.5 cm³/mol. The number of benzene rings is 1. The van der Waals surface area contributed by atoms with Crippen molar-refractivity contribution in [2.24, 2.45) is 5.92 Å². The Balaban J connectivity index is 1.54. The molecule has 7 heteroatoms. The van der Waals surface area contributed by atoms with Crippen LogP contribution in [0.1, 0.15) is 36.5 Å². The summed E-state index contributed by atoms with van der Waals surface area (Å²) in [4.78, 5) is 42.5. The zero-order valence-electron chi connectivity index (χ0n) is 15.7. The maximum atomic E-state index is 13.0. The van der Waals surface area contributed by atoms with Gasteiger partial charge >= 0.3 is 0 Å². The van der Waals surface area contributed by atoms with E-state index in [-0.39, 0.29) is 29.5 Å². The molecular weight excluding hydrogens is 349 g/mol. The number of piperidine rings is 1. The second-order valence-electron chi connectivity index (χ2n) is 7.16. The number of amides is 3. The van der Waals surface area contributed by atoms with Gasteiger partial charge in [0.15, 0.2) is 0 Å². The van der Waals surface area contributed by atoms with Crippen molar-refractivity contribution < 1.29 is 18.8 Å². The monoisotopic (exact) mass is 375 g/mol. The summed E-state index contributed by atoms with van der Waals surface area (Å²) in [5, 5.41) is 0. The molecule has 146 valence electrons. The van der Waals surface area contributed by atoms with Crippen LogP contribution in [-0.2, 0) is 9.59 Å². The van der Waals surface area contributed by atoms with Gasteiger partial charge in [0.1, 0.15) is 5.82 Å². The van der Waals surface area contributed by atoms with Crippen molar-refractivity contribution in [1.82, 2.24) is 14.7 Å². The van der Waals surface area contributed by atoms with E-state index in [4.69, 9.17) is 0 Å². The van der Waals surface area contributed by atoms with Gasteiger partial charge in [-0.15, -0.1) is 0 Å². The minimum absolute atomic E-state index is 0.0810. The highest BCUT2D eigenvalue weighted by Crippen LogP contribution is 2.21. The molecule has 2 fully saturated rings. The molecule has 1 aromatic carbocycles. The quantitative estimate of drug-likeness (QED) is 0.809. The maximum Gasteiger partial charge on any atom is 0.253 e. The van der Waals surface area contributed by atoms with Gasteiger partial charge < -0.3 is 14.7 Å². The lowest BCUT2D eigenvalue weighted by atomic mass is 9.96. The van der Waals surface area contributed by atoms with E-state index in [1.54, 1.807) is 14.7 Å². The van der Waals surface area contributed by atoms with Gasteiger partial charge in [0.2, 0.25) is 11.8 Å². The lowest BCUT2D eigenvalue weighted by Crippen LogP contribution is -2.54. The van der Waals surface area contributed by atoms with Crippen LogP contribution >= 0.6 is 0 Å². The van der Waals surface area contributed by atoms with Crippen molar-refractivity contribution in [1.29, 1.82) is 0 Å².